The van der Waals surface area contributed by atoms with Crippen LogP contribution in [0.4, 0.5) is 10.1 Å². The van der Waals surface area contributed by atoms with Crippen molar-refractivity contribution in [1.29, 1.82) is 0 Å². The maximum Gasteiger partial charge on any atom is 0.238 e. The number of nitrogens with one attached hydrogen (secondary N) is 1. The number of hydrogen-bond acceptors (Lipinski definition) is 4. The van der Waals surface area contributed by atoms with Crippen molar-refractivity contribution in [1.82, 2.24) is 4.90 Å². The topological polar surface area (TPSA) is 72.8 Å². The van der Waals surface area contributed by atoms with Crippen molar-refractivity contribution in [3.8, 4) is 0 Å². The summed E-state index contributed by atoms with van der Waals surface area (Å²) < 4.78 is 12.9. The number of aliphatic hydroxyl groups is 2. The van der Waals surface area contributed by atoms with Crippen LogP contribution in [-0.2, 0) is 4.79 Å². The molecule has 6 heteroatoms. The molecular formula is C12H15FN2O3. The molecule has 98 valence electrons. The van der Waals surface area contributed by atoms with Crippen molar-refractivity contribution in [2.45, 2.75) is 12.2 Å². The molecule has 18 heavy (non-hydrogen) atoms. The first-order chi connectivity index (χ1) is 8.54. The number of aliphatic hydroxyl groups excluding tert-OH is 2. The molecule has 0 aliphatic carbocycles. The third-order valence-corrected chi connectivity index (χ3v) is 2.81. The van der Waals surface area contributed by atoms with Crippen LogP contribution in [0.1, 0.15) is 0 Å². The molecule has 0 spiro atoms. The highest BCUT2D eigenvalue weighted by Crippen LogP contribution is 2.11. The van der Waals surface area contributed by atoms with Gasteiger partial charge in [0.25, 0.3) is 0 Å². The second-order valence-corrected chi connectivity index (χ2v) is 4.39. The van der Waals surface area contributed by atoms with Gasteiger partial charge in [-0.2, -0.15) is 0 Å². The average molecular weight is 254 g/mol. The zero-order valence-electron chi connectivity index (χ0n) is 9.71. The van der Waals surface area contributed by atoms with Crippen molar-refractivity contribution in [2.24, 2.45) is 0 Å². The molecule has 0 aromatic heterocycles. The molecule has 0 saturated carbocycles. The third kappa shape index (κ3) is 3.25. The summed E-state index contributed by atoms with van der Waals surface area (Å²) in [5.41, 5.74) is 0.389. The number of benzene rings is 1. The lowest BCUT2D eigenvalue weighted by molar-refractivity contribution is -0.117. The van der Waals surface area contributed by atoms with Crippen molar-refractivity contribution in [2.75, 3.05) is 25.0 Å². The molecule has 0 radical (unpaired) electrons. The first kappa shape index (κ1) is 12.9. The minimum Gasteiger partial charge on any atom is -0.389 e. The largest absolute Gasteiger partial charge is 0.389 e. The highest BCUT2D eigenvalue weighted by atomic mass is 19.1. The molecule has 1 aromatic rings. The van der Waals surface area contributed by atoms with Crippen LogP contribution in [0.15, 0.2) is 24.3 Å². The van der Waals surface area contributed by atoms with Crippen LogP contribution in [-0.4, -0.2) is 52.9 Å². The van der Waals surface area contributed by atoms with Gasteiger partial charge in [0.1, 0.15) is 5.82 Å². The first-order valence-corrected chi connectivity index (χ1v) is 5.68. The minimum absolute atomic E-state index is 0.0602. The molecule has 3 N–H and O–H groups in total. The summed E-state index contributed by atoms with van der Waals surface area (Å²) in [6.07, 6.45) is -1.63. The summed E-state index contributed by atoms with van der Waals surface area (Å²) in [4.78, 5) is 13.3. The highest BCUT2D eigenvalue weighted by molar-refractivity contribution is 5.92. The fourth-order valence-corrected chi connectivity index (χ4v) is 1.95. The van der Waals surface area contributed by atoms with Gasteiger partial charge in [-0.05, 0) is 18.2 Å². The normalized spacial score (nSPS) is 24.2. The van der Waals surface area contributed by atoms with E-state index in [1.165, 1.54) is 18.2 Å². The Labute approximate surface area is 104 Å². The third-order valence-electron chi connectivity index (χ3n) is 2.81. The Balaban J connectivity index is 1.86. The summed E-state index contributed by atoms with van der Waals surface area (Å²) >= 11 is 0. The van der Waals surface area contributed by atoms with Crippen molar-refractivity contribution >= 4 is 11.6 Å². The standard InChI is InChI=1S/C12H15FN2O3/c13-8-2-1-3-9(4-8)14-12(18)7-15-5-10(16)11(17)6-15/h1-4,10-11,16-17H,5-7H2,(H,14,18). The number of β-amino-alcohol motifs (C(OH)–C–C–N with tert-alkyl or cyclic N) is 2. The summed E-state index contributed by atoms with van der Waals surface area (Å²) in [5.74, 6) is -0.721. The highest BCUT2D eigenvalue weighted by Gasteiger charge is 2.30. The molecule has 2 unspecified atom stereocenters. The van der Waals surface area contributed by atoms with Gasteiger partial charge < -0.3 is 15.5 Å². The number of amides is 1. The fourth-order valence-electron chi connectivity index (χ4n) is 1.95. The van der Waals surface area contributed by atoms with Crippen LogP contribution in [0.25, 0.3) is 0 Å². The molecule has 2 atom stereocenters. The lowest BCUT2D eigenvalue weighted by atomic mass is 10.3. The summed E-state index contributed by atoms with van der Waals surface area (Å²) in [7, 11) is 0. The Morgan fingerprint density at radius 3 is 2.67 bits per heavy atom. The Morgan fingerprint density at radius 2 is 2.06 bits per heavy atom. The van der Waals surface area contributed by atoms with Crippen LogP contribution in [0.3, 0.4) is 0 Å². The molecule has 1 aliphatic heterocycles. The van der Waals surface area contributed by atoms with Gasteiger partial charge in [-0.25, -0.2) is 4.39 Å². The van der Waals surface area contributed by atoms with E-state index in [2.05, 4.69) is 5.32 Å². The maximum absolute atomic E-state index is 12.9. The van der Waals surface area contributed by atoms with Gasteiger partial charge >= 0.3 is 0 Å². The molecule has 5 nitrogen and oxygen atoms in total. The molecule has 1 amide bonds. The zero-order chi connectivity index (χ0) is 13.1. The second-order valence-electron chi connectivity index (χ2n) is 4.39. The van der Waals surface area contributed by atoms with Crippen LogP contribution in [0.5, 0.6) is 0 Å². The first-order valence-electron chi connectivity index (χ1n) is 5.68. The number of rotatable bonds is 3. The number of likely N-dealkylation sites (tertiary alicyclic amines) is 1. The van der Waals surface area contributed by atoms with Crippen LogP contribution < -0.4 is 5.32 Å². The van der Waals surface area contributed by atoms with E-state index >= 15 is 0 Å². The van der Waals surface area contributed by atoms with E-state index in [0.717, 1.165) is 0 Å². The predicted octanol–water partition coefficient (Wildman–Crippen LogP) is -0.198. The van der Waals surface area contributed by atoms with E-state index in [1.54, 1.807) is 11.0 Å². The number of anilines is 1. The SMILES string of the molecule is O=C(CN1CC(O)C(O)C1)Nc1cccc(F)c1. The van der Waals surface area contributed by atoms with Crippen LogP contribution in [0.2, 0.25) is 0 Å². The lowest BCUT2D eigenvalue weighted by Crippen LogP contribution is -2.32. The van der Waals surface area contributed by atoms with E-state index in [-0.39, 0.29) is 25.5 Å². The average Bonchev–Trinajstić information content (AvgIpc) is 2.57. The second kappa shape index (κ2) is 5.43. The van der Waals surface area contributed by atoms with E-state index in [1.807, 2.05) is 0 Å². The minimum atomic E-state index is -0.813. The predicted molar refractivity (Wildman–Crippen MR) is 63.5 cm³/mol. The van der Waals surface area contributed by atoms with Gasteiger partial charge in [-0.15, -0.1) is 0 Å². The van der Waals surface area contributed by atoms with Crippen LogP contribution in [0, 0.1) is 5.82 Å². The van der Waals surface area contributed by atoms with Gasteiger partial charge in [0.2, 0.25) is 5.91 Å². The number of hydrogen-bond donors (Lipinski definition) is 3. The maximum atomic E-state index is 12.9. The molecular weight excluding hydrogens is 239 g/mol. The molecule has 1 aliphatic rings. The summed E-state index contributed by atoms with van der Waals surface area (Å²) in [5, 5.41) is 21.2. The van der Waals surface area contributed by atoms with E-state index in [9.17, 15) is 19.4 Å². The number of carbonyl (C=O) groups is 1. The molecule has 2 rings (SSSR count). The van der Waals surface area contributed by atoms with E-state index in [4.69, 9.17) is 0 Å². The van der Waals surface area contributed by atoms with E-state index in [0.29, 0.717) is 5.69 Å². The lowest BCUT2D eigenvalue weighted by Gasteiger charge is -2.14. The molecule has 0 bridgehead atoms. The molecule has 1 heterocycles. The Hall–Kier alpha value is -1.50. The van der Waals surface area contributed by atoms with Gasteiger partial charge in [-0.1, -0.05) is 6.07 Å². The van der Waals surface area contributed by atoms with Crippen LogP contribution >= 0.6 is 0 Å². The van der Waals surface area contributed by atoms with Gasteiger partial charge in [-0.3, -0.25) is 9.69 Å². The summed E-state index contributed by atoms with van der Waals surface area (Å²) in [6, 6.07) is 5.62. The van der Waals surface area contributed by atoms with E-state index < -0.39 is 18.0 Å². The molecule has 1 saturated heterocycles. The van der Waals surface area contributed by atoms with Gasteiger partial charge in [0.05, 0.1) is 18.8 Å². The number of carbonyl (C=O) groups excluding carboxylic acids is 1. The van der Waals surface area contributed by atoms with Gasteiger partial charge in [0.15, 0.2) is 0 Å². The van der Waals surface area contributed by atoms with Crippen molar-refractivity contribution in [3.63, 3.8) is 0 Å². The molecule has 1 aromatic carbocycles. The Morgan fingerprint density at radius 1 is 1.39 bits per heavy atom. The quantitative estimate of drug-likeness (QED) is 0.698. The van der Waals surface area contributed by atoms with Crippen molar-refractivity contribution in [3.05, 3.63) is 30.1 Å². The number of nitrogens with zero attached hydrogens (tertiary/aromatic N) is 1. The summed E-state index contributed by atoms with van der Waals surface area (Å²) in [6.45, 7) is 0.583. The monoisotopic (exact) mass is 254 g/mol. The Bertz CT molecular complexity index is 431. The fraction of sp³-hybridized carbons (Fsp3) is 0.417. The zero-order valence-corrected chi connectivity index (χ0v) is 9.71. The smallest absolute Gasteiger partial charge is 0.238 e. The Kier molecular flexibility index (Phi) is 3.90. The van der Waals surface area contributed by atoms with Crippen molar-refractivity contribution < 1.29 is 19.4 Å². The van der Waals surface area contributed by atoms with Gasteiger partial charge in [0, 0.05) is 18.8 Å². The molecule has 1 fully saturated rings. The number of halogens is 1.